The summed E-state index contributed by atoms with van der Waals surface area (Å²) in [5.41, 5.74) is 2.40. The molecule has 0 aromatic carbocycles. The van der Waals surface area contributed by atoms with E-state index in [2.05, 4.69) is 22.2 Å². The molecule has 0 bridgehead atoms. The first-order chi connectivity index (χ1) is 8.22. The molecule has 90 valence electrons. The van der Waals surface area contributed by atoms with E-state index in [-0.39, 0.29) is 0 Å². The number of hydrogen-bond acceptors (Lipinski definition) is 4. The van der Waals surface area contributed by atoms with E-state index in [0.717, 1.165) is 24.2 Å². The molecule has 2 aromatic rings. The van der Waals surface area contributed by atoms with Gasteiger partial charge in [-0.1, -0.05) is 18.2 Å². The molecule has 1 N–H and O–H groups in total. The minimum Gasteiger partial charge on any atom is -0.382 e. The van der Waals surface area contributed by atoms with Gasteiger partial charge in [-0.05, 0) is 19.4 Å². The van der Waals surface area contributed by atoms with Crippen LogP contribution >= 0.6 is 0 Å². The lowest BCUT2D eigenvalue weighted by molar-refractivity contribution is 0.207. The van der Waals surface area contributed by atoms with Crippen LogP contribution in [-0.4, -0.2) is 25.1 Å². The van der Waals surface area contributed by atoms with Crippen LogP contribution in [0.3, 0.4) is 0 Å². The van der Waals surface area contributed by atoms with Crippen molar-refractivity contribution in [1.29, 1.82) is 0 Å². The van der Waals surface area contributed by atoms with Crippen molar-refractivity contribution in [2.24, 2.45) is 0 Å². The summed E-state index contributed by atoms with van der Waals surface area (Å²) in [7, 11) is 0. The third kappa shape index (κ3) is 2.50. The molecule has 2 aromatic heterocycles. The molecule has 0 saturated carbocycles. The minimum absolute atomic E-state index is 0.706. The van der Waals surface area contributed by atoms with Gasteiger partial charge in [0.25, 0.3) is 0 Å². The van der Waals surface area contributed by atoms with Crippen molar-refractivity contribution in [2.75, 3.05) is 0 Å². The summed E-state index contributed by atoms with van der Waals surface area (Å²) in [6, 6.07) is 3.75. The zero-order chi connectivity index (χ0) is 12.3. The molecule has 0 fully saturated rings. The number of rotatable bonds is 4. The summed E-state index contributed by atoms with van der Waals surface area (Å²) in [5.74, 6) is 0. The molecule has 0 aliphatic rings. The number of aliphatic hydroxyl groups excluding tert-OH is 1. The zero-order valence-electron chi connectivity index (χ0n) is 10.0. The van der Waals surface area contributed by atoms with Crippen molar-refractivity contribution in [2.45, 2.75) is 32.9 Å². The Labute approximate surface area is 100 Å². The molecule has 0 radical (unpaired) electrons. The molecule has 5 nitrogen and oxygen atoms in total. The van der Waals surface area contributed by atoms with E-state index in [9.17, 15) is 5.11 Å². The Kier molecular flexibility index (Phi) is 3.49. The molecule has 0 spiro atoms. The first-order valence-electron chi connectivity index (χ1n) is 5.71. The highest BCUT2D eigenvalue weighted by atomic mass is 16.3. The first-order valence-corrected chi connectivity index (χ1v) is 5.71. The molecular weight excluding hydrogens is 216 g/mol. The van der Waals surface area contributed by atoms with Crippen molar-refractivity contribution in [3.63, 3.8) is 0 Å². The van der Waals surface area contributed by atoms with E-state index in [1.165, 1.54) is 0 Å². The highest BCUT2D eigenvalue weighted by Crippen LogP contribution is 2.20. The van der Waals surface area contributed by atoms with Crippen LogP contribution in [0.15, 0.2) is 24.5 Å². The average Bonchev–Trinajstić information content (AvgIpc) is 2.78. The van der Waals surface area contributed by atoms with Gasteiger partial charge in [-0.2, -0.15) is 0 Å². The fourth-order valence-corrected chi connectivity index (χ4v) is 1.67. The molecule has 1 unspecified atom stereocenters. The van der Waals surface area contributed by atoms with Gasteiger partial charge in [-0.3, -0.25) is 4.98 Å². The van der Waals surface area contributed by atoms with Crippen LogP contribution in [0.2, 0.25) is 0 Å². The number of pyridine rings is 1. The van der Waals surface area contributed by atoms with Crippen LogP contribution in [-0.2, 0) is 6.54 Å². The molecule has 0 amide bonds. The van der Waals surface area contributed by atoms with E-state index >= 15 is 0 Å². The molecule has 0 aliphatic heterocycles. The van der Waals surface area contributed by atoms with Crippen LogP contribution in [0.25, 0.3) is 0 Å². The monoisotopic (exact) mass is 232 g/mol. The van der Waals surface area contributed by atoms with Crippen LogP contribution in [0.5, 0.6) is 0 Å². The second kappa shape index (κ2) is 5.05. The third-order valence-corrected chi connectivity index (χ3v) is 2.61. The Bertz CT molecular complexity index is 478. The van der Waals surface area contributed by atoms with E-state index in [0.29, 0.717) is 5.69 Å². The van der Waals surface area contributed by atoms with E-state index in [1.54, 1.807) is 17.1 Å². The van der Waals surface area contributed by atoms with Gasteiger partial charge in [0, 0.05) is 24.0 Å². The van der Waals surface area contributed by atoms with Gasteiger partial charge in [0.05, 0.1) is 11.9 Å². The third-order valence-electron chi connectivity index (χ3n) is 2.61. The number of hydrogen-bond donors (Lipinski definition) is 1. The predicted octanol–water partition coefficient (Wildman–Crippen LogP) is 1.47. The summed E-state index contributed by atoms with van der Waals surface area (Å²) in [4.78, 5) is 4.18. The van der Waals surface area contributed by atoms with Gasteiger partial charge in [0.2, 0.25) is 0 Å². The van der Waals surface area contributed by atoms with Gasteiger partial charge in [-0.25, -0.2) is 4.68 Å². The average molecular weight is 232 g/mol. The van der Waals surface area contributed by atoms with Crippen molar-refractivity contribution in [1.82, 2.24) is 20.0 Å². The van der Waals surface area contributed by atoms with E-state index in [4.69, 9.17) is 0 Å². The summed E-state index contributed by atoms with van der Waals surface area (Å²) in [6.45, 7) is 4.73. The van der Waals surface area contributed by atoms with Crippen LogP contribution in [0.4, 0.5) is 0 Å². The number of aromatic nitrogens is 4. The first kappa shape index (κ1) is 11.7. The van der Waals surface area contributed by atoms with Crippen LogP contribution in [0, 0.1) is 6.92 Å². The number of aryl methyl sites for hydroxylation is 2. The number of aliphatic hydroxyl groups is 1. The van der Waals surface area contributed by atoms with Crippen LogP contribution < -0.4 is 0 Å². The SMILES string of the molecule is CCCn1nncc1C(O)c1ccc(C)nc1. The Morgan fingerprint density at radius 2 is 2.18 bits per heavy atom. The van der Waals surface area contributed by atoms with Crippen molar-refractivity contribution < 1.29 is 5.11 Å². The Morgan fingerprint density at radius 3 is 2.82 bits per heavy atom. The zero-order valence-corrected chi connectivity index (χ0v) is 10.0. The lowest BCUT2D eigenvalue weighted by Gasteiger charge is -2.12. The Morgan fingerprint density at radius 1 is 1.35 bits per heavy atom. The summed E-state index contributed by atoms with van der Waals surface area (Å²) >= 11 is 0. The number of nitrogens with zero attached hydrogens (tertiary/aromatic N) is 4. The molecular formula is C12H16N4O. The fraction of sp³-hybridized carbons (Fsp3) is 0.417. The van der Waals surface area contributed by atoms with Gasteiger partial charge < -0.3 is 5.11 Å². The molecule has 17 heavy (non-hydrogen) atoms. The largest absolute Gasteiger partial charge is 0.382 e. The van der Waals surface area contributed by atoms with E-state index in [1.807, 2.05) is 19.1 Å². The maximum Gasteiger partial charge on any atom is 0.124 e. The highest BCUT2D eigenvalue weighted by Gasteiger charge is 2.16. The standard InChI is InChI=1S/C12H16N4O/c1-3-6-16-11(8-14-15-16)12(17)10-5-4-9(2)13-7-10/h4-5,7-8,12,17H,3,6H2,1-2H3. The summed E-state index contributed by atoms with van der Waals surface area (Å²) in [5, 5.41) is 18.0. The van der Waals surface area contributed by atoms with Gasteiger partial charge in [0.1, 0.15) is 6.10 Å². The van der Waals surface area contributed by atoms with Gasteiger partial charge >= 0.3 is 0 Å². The maximum atomic E-state index is 10.2. The van der Waals surface area contributed by atoms with E-state index < -0.39 is 6.10 Å². The Balaban J connectivity index is 2.26. The van der Waals surface area contributed by atoms with Crippen molar-refractivity contribution in [3.05, 3.63) is 41.5 Å². The molecule has 1 atom stereocenters. The molecule has 0 aliphatic carbocycles. The lowest BCUT2D eigenvalue weighted by Crippen LogP contribution is -2.10. The molecule has 0 saturated heterocycles. The Hall–Kier alpha value is -1.75. The van der Waals surface area contributed by atoms with Crippen LogP contribution in [0.1, 0.15) is 36.4 Å². The minimum atomic E-state index is -0.718. The normalized spacial score (nSPS) is 12.6. The van der Waals surface area contributed by atoms with Crippen molar-refractivity contribution in [3.8, 4) is 0 Å². The summed E-state index contributed by atoms with van der Waals surface area (Å²) < 4.78 is 1.73. The van der Waals surface area contributed by atoms with Gasteiger partial charge in [0.15, 0.2) is 0 Å². The molecule has 2 heterocycles. The summed E-state index contributed by atoms with van der Waals surface area (Å²) in [6.07, 6.45) is 3.52. The highest BCUT2D eigenvalue weighted by molar-refractivity contribution is 5.22. The second-order valence-corrected chi connectivity index (χ2v) is 4.02. The van der Waals surface area contributed by atoms with Crippen molar-refractivity contribution >= 4 is 0 Å². The predicted molar refractivity (Wildman–Crippen MR) is 63.3 cm³/mol. The molecule has 5 heteroatoms. The topological polar surface area (TPSA) is 63.8 Å². The quantitative estimate of drug-likeness (QED) is 0.867. The second-order valence-electron chi connectivity index (χ2n) is 4.02. The van der Waals surface area contributed by atoms with Gasteiger partial charge in [-0.15, -0.1) is 5.10 Å². The molecule has 2 rings (SSSR count). The smallest absolute Gasteiger partial charge is 0.124 e. The fourth-order valence-electron chi connectivity index (χ4n) is 1.67. The lowest BCUT2D eigenvalue weighted by atomic mass is 10.1. The maximum absolute atomic E-state index is 10.2.